The molecule has 6 nitrogen and oxygen atoms in total. The molecule has 31 heavy (non-hydrogen) atoms. The first kappa shape index (κ1) is 22.4. The summed E-state index contributed by atoms with van der Waals surface area (Å²) < 4.78 is 16.8. The van der Waals surface area contributed by atoms with Crippen LogP contribution in [0.1, 0.15) is 42.6 Å². The van der Waals surface area contributed by atoms with Crippen molar-refractivity contribution in [1.82, 2.24) is 4.90 Å². The molecule has 0 atom stereocenters. The number of nitrogens with zero attached hydrogens (tertiary/aromatic N) is 1. The maximum atomic E-state index is 12.6. The quantitative estimate of drug-likeness (QED) is 0.442. The van der Waals surface area contributed by atoms with Crippen molar-refractivity contribution < 1.29 is 23.8 Å². The zero-order valence-electron chi connectivity index (χ0n) is 18.3. The van der Waals surface area contributed by atoms with Gasteiger partial charge in [0.05, 0.1) is 13.2 Å². The van der Waals surface area contributed by atoms with Gasteiger partial charge in [0.2, 0.25) is 0 Å². The number of carbonyl (C=O) groups excluding carboxylic acids is 2. The van der Waals surface area contributed by atoms with Crippen molar-refractivity contribution in [2.75, 3.05) is 26.8 Å². The van der Waals surface area contributed by atoms with E-state index in [0.717, 1.165) is 31.5 Å². The summed E-state index contributed by atoms with van der Waals surface area (Å²) in [6.07, 6.45) is 5.31. The van der Waals surface area contributed by atoms with Gasteiger partial charge in [0.1, 0.15) is 5.75 Å². The van der Waals surface area contributed by atoms with Gasteiger partial charge in [0.15, 0.2) is 23.9 Å². The number of ether oxygens (including phenoxy) is 3. The topological polar surface area (TPSA) is 65.1 Å². The van der Waals surface area contributed by atoms with E-state index < -0.39 is 0 Å². The number of benzene rings is 2. The third-order valence-electron chi connectivity index (χ3n) is 4.96. The summed E-state index contributed by atoms with van der Waals surface area (Å²) >= 11 is 0. The second-order valence-corrected chi connectivity index (χ2v) is 7.64. The first-order valence-corrected chi connectivity index (χ1v) is 10.5. The molecule has 2 aromatic rings. The van der Waals surface area contributed by atoms with E-state index >= 15 is 0 Å². The minimum absolute atomic E-state index is 0.00158. The van der Waals surface area contributed by atoms with Crippen molar-refractivity contribution in [3.63, 3.8) is 0 Å². The summed E-state index contributed by atoms with van der Waals surface area (Å²) in [5, 5.41) is 0. The van der Waals surface area contributed by atoms with Crippen molar-refractivity contribution in [3.05, 3.63) is 59.7 Å². The number of para-hydroxylation sites is 1. The number of rotatable bonds is 9. The lowest BCUT2D eigenvalue weighted by molar-refractivity contribution is -0.132. The molecule has 0 bridgehead atoms. The van der Waals surface area contributed by atoms with E-state index in [4.69, 9.17) is 14.2 Å². The second-order valence-electron chi connectivity index (χ2n) is 7.64. The average molecular weight is 424 g/mol. The summed E-state index contributed by atoms with van der Waals surface area (Å²) in [5.41, 5.74) is 1.30. The van der Waals surface area contributed by atoms with E-state index in [-0.39, 0.29) is 24.4 Å². The highest BCUT2D eigenvalue weighted by molar-refractivity contribution is 6.07. The molecule has 0 radical (unpaired) electrons. The van der Waals surface area contributed by atoms with Crippen LogP contribution in [0, 0.1) is 0 Å². The Morgan fingerprint density at radius 3 is 2.42 bits per heavy atom. The highest BCUT2D eigenvalue weighted by atomic mass is 16.5. The monoisotopic (exact) mass is 423 g/mol. The Morgan fingerprint density at radius 1 is 1.06 bits per heavy atom. The Kier molecular flexibility index (Phi) is 7.70. The Labute approximate surface area is 183 Å². The van der Waals surface area contributed by atoms with Crippen LogP contribution in [-0.4, -0.2) is 49.5 Å². The Hall–Kier alpha value is -3.28. The van der Waals surface area contributed by atoms with Gasteiger partial charge in [0, 0.05) is 24.2 Å². The number of allylic oxidation sites excluding steroid dienone is 1. The highest BCUT2D eigenvalue weighted by Crippen LogP contribution is 2.33. The molecule has 0 aromatic heterocycles. The maximum absolute atomic E-state index is 12.6. The Balaban J connectivity index is 1.63. The SMILES string of the molecule is COc1cccc(/C=C/C(=O)c2ccc(OCC(=O)N3CCCC3)cc2)c1OC(C)C. The van der Waals surface area contributed by atoms with Crippen LogP contribution in [0.25, 0.3) is 6.08 Å². The lowest BCUT2D eigenvalue weighted by Gasteiger charge is -2.16. The van der Waals surface area contributed by atoms with Crippen LogP contribution in [0.3, 0.4) is 0 Å². The normalized spacial score (nSPS) is 13.6. The molecule has 0 aliphatic carbocycles. The third kappa shape index (κ3) is 6.10. The molecule has 1 heterocycles. The van der Waals surface area contributed by atoms with Gasteiger partial charge in [-0.15, -0.1) is 0 Å². The minimum atomic E-state index is -0.141. The standard InChI is InChI=1S/C25H29NO5/c1-18(2)31-25-20(7-6-8-23(25)29-3)11-14-22(27)19-9-12-21(13-10-19)30-17-24(28)26-15-4-5-16-26/h6-14,18H,4-5,15-17H2,1-3H3/b14-11+. The predicted molar refractivity (Wildman–Crippen MR) is 120 cm³/mol. The van der Waals surface area contributed by atoms with Crippen LogP contribution in [-0.2, 0) is 4.79 Å². The van der Waals surface area contributed by atoms with Gasteiger partial charge in [0.25, 0.3) is 5.91 Å². The maximum Gasteiger partial charge on any atom is 0.260 e. The molecule has 1 amide bonds. The average Bonchev–Trinajstić information content (AvgIpc) is 3.31. The largest absolute Gasteiger partial charge is 0.493 e. The Bertz CT molecular complexity index is 927. The number of carbonyl (C=O) groups is 2. The molecule has 0 spiro atoms. The molecule has 0 saturated carbocycles. The zero-order valence-corrected chi connectivity index (χ0v) is 18.3. The van der Waals surface area contributed by atoms with Gasteiger partial charge in [-0.3, -0.25) is 9.59 Å². The fourth-order valence-corrected chi connectivity index (χ4v) is 3.37. The van der Waals surface area contributed by atoms with Crippen LogP contribution in [0.2, 0.25) is 0 Å². The molecule has 2 aromatic carbocycles. The van der Waals surface area contributed by atoms with E-state index in [1.807, 2.05) is 36.9 Å². The molecule has 0 unspecified atom stereocenters. The Morgan fingerprint density at radius 2 is 1.77 bits per heavy atom. The van der Waals surface area contributed by atoms with E-state index in [2.05, 4.69) is 0 Å². The summed E-state index contributed by atoms with van der Waals surface area (Å²) in [6, 6.07) is 12.3. The summed E-state index contributed by atoms with van der Waals surface area (Å²) in [4.78, 5) is 26.5. The first-order valence-electron chi connectivity index (χ1n) is 10.5. The number of hydrogen-bond donors (Lipinski definition) is 0. The molecular weight excluding hydrogens is 394 g/mol. The van der Waals surface area contributed by atoms with Gasteiger partial charge >= 0.3 is 0 Å². The molecular formula is C25H29NO5. The molecule has 6 heteroatoms. The molecule has 164 valence electrons. The predicted octanol–water partition coefficient (Wildman–Crippen LogP) is 4.38. The van der Waals surface area contributed by atoms with Crippen molar-refractivity contribution in [2.45, 2.75) is 32.8 Å². The summed E-state index contributed by atoms with van der Waals surface area (Å²) in [6.45, 7) is 5.50. The fraction of sp³-hybridized carbons (Fsp3) is 0.360. The molecule has 1 aliphatic heterocycles. The van der Waals surface area contributed by atoms with Gasteiger partial charge in [-0.2, -0.15) is 0 Å². The number of hydrogen-bond acceptors (Lipinski definition) is 5. The molecule has 1 aliphatic rings. The van der Waals surface area contributed by atoms with Crippen LogP contribution in [0.5, 0.6) is 17.2 Å². The highest BCUT2D eigenvalue weighted by Gasteiger charge is 2.18. The van der Waals surface area contributed by atoms with E-state index in [9.17, 15) is 9.59 Å². The van der Waals surface area contributed by atoms with Crippen LogP contribution >= 0.6 is 0 Å². The van der Waals surface area contributed by atoms with Crippen molar-refractivity contribution in [2.24, 2.45) is 0 Å². The molecule has 1 fully saturated rings. The van der Waals surface area contributed by atoms with Gasteiger partial charge in [-0.05, 0) is 69.2 Å². The van der Waals surface area contributed by atoms with E-state index in [0.29, 0.717) is 22.8 Å². The molecule has 0 N–H and O–H groups in total. The zero-order chi connectivity index (χ0) is 22.2. The van der Waals surface area contributed by atoms with Gasteiger partial charge in [-0.1, -0.05) is 12.1 Å². The van der Waals surface area contributed by atoms with Crippen LogP contribution in [0.4, 0.5) is 0 Å². The number of ketones is 1. The number of methoxy groups -OCH3 is 1. The van der Waals surface area contributed by atoms with E-state index in [1.54, 1.807) is 37.5 Å². The first-order chi connectivity index (χ1) is 15.0. The van der Waals surface area contributed by atoms with Crippen molar-refractivity contribution in [3.8, 4) is 17.2 Å². The van der Waals surface area contributed by atoms with E-state index in [1.165, 1.54) is 6.08 Å². The van der Waals surface area contributed by atoms with Crippen molar-refractivity contribution in [1.29, 1.82) is 0 Å². The molecule has 3 rings (SSSR count). The lowest BCUT2D eigenvalue weighted by atomic mass is 10.1. The van der Waals surface area contributed by atoms with Crippen molar-refractivity contribution >= 4 is 17.8 Å². The third-order valence-corrected chi connectivity index (χ3v) is 4.96. The fourth-order valence-electron chi connectivity index (χ4n) is 3.37. The lowest BCUT2D eigenvalue weighted by Crippen LogP contribution is -2.32. The van der Waals surface area contributed by atoms with Gasteiger partial charge < -0.3 is 19.1 Å². The summed E-state index contributed by atoms with van der Waals surface area (Å²) in [5.74, 6) is 1.65. The summed E-state index contributed by atoms with van der Waals surface area (Å²) in [7, 11) is 1.59. The number of likely N-dealkylation sites (tertiary alicyclic amines) is 1. The minimum Gasteiger partial charge on any atom is -0.493 e. The smallest absolute Gasteiger partial charge is 0.260 e. The molecule has 1 saturated heterocycles. The number of amides is 1. The van der Waals surface area contributed by atoms with Gasteiger partial charge in [-0.25, -0.2) is 0 Å². The van der Waals surface area contributed by atoms with Crippen LogP contribution < -0.4 is 14.2 Å². The second kappa shape index (κ2) is 10.7. The van der Waals surface area contributed by atoms with Crippen LogP contribution in [0.15, 0.2) is 48.5 Å².